The summed E-state index contributed by atoms with van der Waals surface area (Å²) in [5, 5.41) is 8.50. The van der Waals surface area contributed by atoms with Gasteiger partial charge in [0, 0.05) is 52.3 Å². The number of pyridine rings is 1. The fourth-order valence-electron chi connectivity index (χ4n) is 4.42. The highest BCUT2D eigenvalue weighted by atomic mass is 32.2. The van der Waals surface area contributed by atoms with Crippen molar-refractivity contribution in [2.24, 2.45) is 7.05 Å². The number of rotatable bonds is 7. The van der Waals surface area contributed by atoms with E-state index in [0.717, 1.165) is 21.7 Å². The number of hydrogen-bond donors (Lipinski definition) is 1. The van der Waals surface area contributed by atoms with E-state index in [1.54, 1.807) is 35.3 Å². The minimum absolute atomic E-state index is 0.0917. The molecule has 6 aromatic rings. The van der Waals surface area contributed by atoms with Gasteiger partial charge < -0.3 is 0 Å². The molecule has 39 heavy (non-hydrogen) atoms. The molecular weight excluding hydrogens is 530 g/mol. The van der Waals surface area contributed by atoms with E-state index in [1.807, 2.05) is 67.2 Å². The van der Waals surface area contributed by atoms with Crippen molar-refractivity contribution in [3.63, 3.8) is 0 Å². The van der Waals surface area contributed by atoms with Crippen LogP contribution < -0.4 is 10.2 Å². The summed E-state index contributed by atoms with van der Waals surface area (Å²) in [6, 6.07) is 20.4. The number of benzene rings is 2. The molecule has 0 saturated heterocycles. The van der Waals surface area contributed by atoms with Gasteiger partial charge in [-0.05, 0) is 29.1 Å². The standard InChI is InChI=1S/C29H23N5O3S2/c1-34-16-23(14-31-34)22-12-26-27(30-13-22)10-9-20-8-7-19(11-25(20)28(26)35)18-39(36,37)32-15-24-17-38-29(33-24)21-5-3-2-4-6-21/h2-14,16-17,32H,15,18H2,1H3. The largest absolute Gasteiger partial charge is 0.289 e. The summed E-state index contributed by atoms with van der Waals surface area (Å²) in [6.45, 7) is 0.0917. The van der Waals surface area contributed by atoms with Crippen LogP contribution in [0.25, 0.3) is 43.4 Å². The first kappa shape index (κ1) is 25.1. The molecule has 0 fully saturated rings. The van der Waals surface area contributed by atoms with Crippen molar-refractivity contribution in [1.29, 1.82) is 0 Å². The van der Waals surface area contributed by atoms with Crippen molar-refractivity contribution in [2.75, 3.05) is 0 Å². The summed E-state index contributed by atoms with van der Waals surface area (Å²) in [7, 11) is -1.85. The Balaban J connectivity index is 1.26. The lowest BCUT2D eigenvalue weighted by molar-refractivity contribution is 0.580. The zero-order valence-corrected chi connectivity index (χ0v) is 22.5. The van der Waals surface area contributed by atoms with Crippen LogP contribution in [-0.4, -0.2) is 28.2 Å². The molecule has 3 aromatic carbocycles. The minimum Gasteiger partial charge on any atom is -0.289 e. The van der Waals surface area contributed by atoms with Crippen molar-refractivity contribution in [3.8, 4) is 21.7 Å². The molecular formula is C29H23N5O3S2. The monoisotopic (exact) mass is 553 g/mol. The van der Waals surface area contributed by atoms with Crippen LogP contribution in [-0.2, 0) is 29.4 Å². The molecule has 0 aliphatic heterocycles. The predicted octanol–water partition coefficient (Wildman–Crippen LogP) is 4.89. The molecule has 194 valence electrons. The van der Waals surface area contributed by atoms with Gasteiger partial charge in [0.15, 0.2) is 5.43 Å². The lowest BCUT2D eigenvalue weighted by atomic mass is 10.1. The smallest absolute Gasteiger partial charge is 0.216 e. The zero-order chi connectivity index (χ0) is 27.0. The van der Waals surface area contributed by atoms with Crippen LogP contribution in [0.15, 0.2) is 95.5 Å². The zero-order valence-electron chi connectivity index (χ0n) is 20.9. The number of fused-ring (bicyclic) bond motifs is 2. The van der Waals surface area contributed by atoms with Gasteiger partial charge >= 0.3 is 0 Å². The minimum atomic E-state index is -3.68. The number of nitrogens with one attached hydrogen (secondary N) is 1. The second-order valence-corrected chi connectivity index (χ2v) is 11.9. The first-order valence-corrected chi connectivity index (χ1v) is 14.7. The van der Waals surface area contributed by atoms with Crippen LogP contribution in [0.3, 0.4) is 0 Å². The Labute approximate surface area is 228 Å². The number of sulfonamides is 1. The highest BCUT2D eigenvalue weighted by Gasteiger charge is 2.15. The molecule has 0 spiro atoms. The Morgan fingerprint density at radius 3 is 2.54 bits per heavy atom. The Hall–Kier alpha value is -4.25. The van der Waals surface area contributed by atoms with E-state index in [2.05, 4.69) is 19.8 Å². The fraction of sp³-hybridized carbons (Fsp3) is 0.103. The van der Waals surface area contributed by atoms with Crippen LogP contribution in [0.5, 0.6) is 0 Å². The van der Waals surface area contributed by atoms with E-state index < -0.39 is 10.0 Å². The molecule has 3 aromatic heterocycles. The van der Waals surface area contributed by atoms with Gasteiger partial charge in [0.25, 0.3) is 0 Å². The average molecular weight is 554 g/mol. The van der Waals surface area contributed by atoms with E-state index in [4.69, 9.17) is 0 Å². The third-order valence-corrected chi connectivity index (χ3v) is 8.62. The highest BCUT2D eigenvalue weighted by molar-refractivity contribution is 7.88. The second kappa shape index (κ2) is 10.1. The summed E-state index contributed by atoms with van der Waals surface area (Å²) < 4.78 is 30.2. The van der Waals surface area contributed by atoms with Gasteiger partial charge in [-0.2, -0.15) is 5.10 Å². The summed E-state index contributed by atoms with van der Waals surface area (Å²) in [5.41, 5.74) is 4.17. The normalized spacial score (nSPS) is 11.8. The fourth-order valence-corrected chi connectivity index (χ4v) is 6.34. The summed E-state index contributed by atoms with van der Waals surface area (Å²) in [5.74, 6) is -0.256. The summed E-state index contributed by atoms with van der Waals surface area (Å²) in [4.78, 5) is 22.6. The third kappa shape index (κ3) is 5.35. The first-order chi connectivity index (χ1) is 18.8. The van der Waals surface area contributed by atoms with Crippen LogP contribution in [0.1, 0.15) is 11.3 Å². The van der Waals surface area contributed by atoms with Crippen LogP contribution in [0.2, 0.25) is 0 Å². The van der Waals surface area contributed by atoms with Crippen molar-refractivity contribution in [1.82, 2.24) is 24.5 Å². The molecule has 0 aliphatic rings. The molecule has 0 radical (unpaired) electrons. The Kier molecular flexibility index (Phi) is 6.51. The maximum Gasteiger partial charge on any atom is 0.216 e. The average Bonchev–Trinajstić information content (AvgIpc) is 3.57. The van der Waals surface area contributed by atoms with Crippen molar-refractivity contribution in [2.45, 2.75) is 12.3 Å². The van der Waals surface area contributed by atoms with E-state index in [-0.39, 0.29) is 17.7 Å². The summed E-state index contributed by atoms with van der Waals surface area (Å²) >= 11 is 1.47. The lowest BCUT2D eigenvalue weighted by Gasteiger charge is -2.06. The van der Waals surface area contributed by atoms with Crippen LogP contribution >= 0.6 is 11.3 Å². The van der Waals surface area contributed by atoms with Gasteiger partial charge in [-0.3, -0.25) is 14.5 Å². The Morgan fingerprint density at radius 2 is 1.74 bits per heavy atom. The molecule has 0 atom stereocenters. The molecule has 0 aliphatic carbocycles. The topological polar surface area (TPSA) is 107 Å². The summed E-state index contributed by atoms with van der Waals surface area (Å²) in [6.07, 6.45) is 5.30. The van der Waals surface area contributed by atoms with Gasteiger partial charge in [0.1, 0.15) is 5.01 Å². The number of nitrogens with zero attached hydrogens (tertiary/aromatic N) is 4. The number of thiazole rings is 1. The maximum atomic E-state index is 13.6. The quantitative estimate of drug-likeness (QED) is 0.302. The molecule has 0 bridgehead atoms. The van der Waals surface area contributed by atoms with E-state index >= 15 is 0 Å². The highest BCUT2D eigenvalue weighted by Crippen LogP contribution is 2.24. The number of aryl methyl sites for hydroxylation is 1. The lowest BCUT2D eigenvalue weighted by Crippen LogP contribution is -2.24. The predicted molar refractivity (Wildman–Crippen MR) is 155 cm³/mol. The molecule has 1 N–H and O–H groups in total. The van der Waals surface area contributed by atoms with Crippen LogP contribution in [0, 0.1) is 0 Å². The van der Waals surface area contributed by atoms with Crippen molar-refractivity contribution < 1.29 is 8.42 Å². The third-order valence-electron chi connectivity index (χ3n) is 6.39. The maximum absolute atomic E-state index is 13.6. The Morgan fingerprint density at radius 1 is 0.923 bits per heavy atom. The van der Waals surface area contributed by atoms with Crippen molar-refractivity contribution in [3.05, 3.63) is 112 Å². The molecule has 8 nitrogen and oxygen atoms in total. The van der Waals surface area contributed by atoms with Gasteiger partial charge in [-0.1, -0.05) is 48.5 Å². The SMILES string of the molecule is Cn1cc(-c2cnc3ccc4ccc(CS(=O)(=O)NCc5csc(-c6ccccc6)n5)cc4c(=O)c3c2)cn1. The molecule has 0 unspecified atom stereocenters. The van der Waals surface area contributed by atoms with E-state index in [1.165, 1.54) is 11.3 Å². The number of hydrogen-bond acceptors (Lipinski definition) is 7. The number of aromatic nitrogens is 4. The molecule has 0 saturated carbocycles. The van der Waals surface area contributed by atoms with Gasteiger partial charge in [0.05, 0.1) is 29.7 Å². The second-order valence-electron chi connectivity index (χ2n) is 9.23. The van der Waals surface area contributed by atoms with Gasteiger partial charge in [-0.25, -0.2) is 18.1 Å². The van der Waals surface area contributed by atoms with Gasteiger partial charge in [-0.15, -0.1) is 11.3 Å². The molecule has 6 rings (SSSR count). The molecule has 3 heterocycles. The molecule has 10 heteroatoms. The Bertz CT molecular complexity index is 2000. The van der Waals surface area contributed by atoms with Crippen molar-refractivity contribution >= 4 is 43.0 Å². The molecule has 0 amide bonds. The van der Waals surface area contributed by atoms with Crippen LogP contribution in [0.4, 0.5) is 0 Å². The van der Waals surface area contributed by atoms with E-state index in [9.17, 15) is 13.2 Å². The van der Waals surface area contributed by atoms with E-state index in [0.29, 0.717) is 32.9 Å². The van der Waals surface area contributed by atoms with Gasteiger partial charge in [0.2, 0.25) is 10.0 Å². The first-order valence-electron chi connectivity index (χ1n) is 12.2.